The van der Waals surface area contributed by atoms with E-state index in [1.807, 2.05) is 30.3 Å². The van der Waals surface area contributed by atoms with Gasteiger partial charge in [0.15, 0.2) is 12.4 Å². The van der Waals surface area contributed by atoms with E-state index in [9.17, 15) is 9.59 Å². The summed E-state index contributed by atoms with van der Waals surface area (Å²) >= 11 is 0. The largest absolute Gasteiger partial charge is 0.454 e. The molecular weight excluding hydrogens is 386 g/mol. The third kappa shape index (κ3) is 4.25. The molecule has 0 aliphatic heterocycles. The molecule has 0 saturated heterocycles. The Kier molecular flexibility index (Phi) is 5.90. The summed E-state index contributed by atoms with van der Waals surface area (Å²) < 4.78 is 5.55. The standard InChI is InChI=1S/C27H29NO3/c1-4-27(2,3)19-14-15-23-21(16-19)25(20-12-8-9-13-22(20)28-23)26(30)31-17-24(29)18-10-6-5-7-11-18/h5-13,19H,4,14-17H2,1-3H3. The van der Waals surface area contributed by atoms with E-state index in [0.717, 1.165) is 47.8 Å². The van der Waals surface area contributed by atoms with Crippen LogP contribution in [0.25, 0.3) is 10.9 Å². The minimum Gasteiger partial charge on any atom is -0.454 e. The van der Waals surface area contributed by atoms with Crippen LogP contribution in [0.15, 0.2) is 54.6 Å². The molecule has 2 aromatic carbocycles. The molecule has 31 heavy (non-hydrogen) atoms. The van der Waals surface area contributed by atoms with Gasteiger partial charge in [-0.15, -0.1) is 0 Å². The van der Waals surface area contributed by atoms with Crippen LogP contribution in [0.2, 0.25) is 0 Å². The summed E-state index contributed by atoms with van der Waals surface area (Å²) in [6.07, 6.45) is 3.82. The molecule has 0 N–H and O–H groups in total. The van der Waals surface area contributed by atoms with Gasteiger partial charge in [-0.3, -0.25) is 9.78 Å². The summed E-state index contributed by atoms with van der Waals surface area (Å²) in [5.74, 6) is -0.161. The predicted molar refractivity (Wildman–Crippen MR) is 122 cm³/mol. The van der Waals surface area contributed by atoms with E-state index in [1.54, 1.807) is 24.3 Å². The van der Waals surface area contributed by atoms with Crippen LogP contribution in [0.5, 0.6) is 0 Å². The summed E-state index contributed by atoms with van der Waals surface area (Å²) in [5, 5.41) is 0.799. The van der Waals surface area contributed by atoms with Crippen molar-refractivity contribution in [3.05, 3.63) is 77.0 Å². The minimum absolute atomic E-state index is 0.188. The number of benzene rings is 2. The molecule has 1 aliphatic carbocycles. The molecule has 0 amide bonds. The molecule has 0 spiro atoms. The first-order valence-corrected chi connectivity index (χ1v) is 11.1. The molecule has 1 atom stereocenters. The van der Waals surface area contributed by atoms with Gasteiger partial charge in [-0.2, -0.15) is 0 Å². The highest BCUT2D eigenvalue weighted by atomic mass is 16.5. The number of pyridine rings is 1. The fourth-order valence-electron chi connectivity index (χ4n) is 4.49. The van der Waals surface area contributed by atoms with Gasteiger partial charge >= 0.3 is 5.97 Å². The first-order valence-electron chi connectivity index (χ1n) is 11.1. The van der Waals surface area contributed by atoms with E-state index in [-0.39, 0.29) is 17.8 Å². The maximum absolute atomic E-state index is 13.3. The number of Topliss-reactive ketones (excluding diaryl/α,β-unsaturated/α-hetero) is 1. The Morgan fingerprint density at radius 2 is 1.77 bits per heavy atom. The number of carbonyl (C=O) groups excluding carboxylic acids is 2. The Hall–Kier alpha value is -3.01. The lowest BCUT2D eigenvalue weighted by Gasteiger charge is -2.37. The third-order valence-electron chi connectivity index (χ3n) is 6.91. The van der Waals surface area contributed by atoms with Crippen LogP contribution in [0, 0.1) is 11.3 Å². The zero-order valence-corrected chi connectivity index (χ0v) is 18.5. The molecule has 1 aliphatic rings. The van der Waals surface area contributed by atoms with E-state index in [0.29, 0.717) is 17.0 Å². The fourth-order valence-corrected chi connectivity index (χ4v) is 4.49. The van der Waals surface area contributed by atoms with Crippen LogP contribution in [-0.2, 0) is 17.6 Å². The number of rotatable bonds is 6. The Morgan fingerprint density at radius 1 is 1.06 bits per heavy atom. The van der Waals surface area contributed by atoms with Crippen molar-refractivity contribution in [3.63, 3.8) is 0 Å². The Morgan fingerprint density at radius 3 is 2.52 bits per heavy atom. The second-order valence-corrected chi connectivity index (χ2v) is 9.08. The molecule has 0 radical (unpaired) electrons. The van der Waals surface area contributed by atoms with Crippen LogP contribution in [0.1, 0.15) is 65.6 Å². The normalized spacial score (nSPS) is 16.0. The quantitative estimate of drug-likeness (QED) is 0.376. The molecular formula is C27H29NO3. The molecule has 0 saturated carbocycles. The number of ketones is 1. The van der Waals surface area contributed by atoms with Gasteiger partial charge < -0.3 is 4.74 Å². The number of carbonyl (C=O) groups is 2. The molecule has 160 valence electrons. The smallest absolute Gasteiger partial charge is 0.339 e. The van der Waals surface area contributed by atoms with Crippen molar-refractivity contribution in [2.45, 2.75) is 46.5 Å². The van der Waals surface area contributed by atoms with Gasteiger partial charge in [0.05, 0.1) is 11.1 Å². The number of ether oxygens (including phenoxy) is 1. The SMILES string of the molecule is CCC(C)(C)C1CCc2nc3ccccc3c(C(=O)OCC(=O)c3ccccc3)c2C1. The third-order valence-corrected chi connectivity index (χ3v) is 6.91. The first-order chi connectivity index (χ1) is 14.9. The van der Waals surface area contributed by atoms with E-state index in [4.69, 9.17) is 9.72 Å². The zero-order chi connectivity index (χ0) is 22.0. The monoisotopic (exact) mass is 415 g/mol. The van der Waals surface area contributed by atoms with Crippen molar-refractivity contribution in [2.24, 2.45) is 11.3 Å². The number of aryl methyl sites for hydroxylation is 1. The highest BCUT2D eigenvalue weighted by molar-refractivity contribution is 6.06. The molecule has 3 aromatic rings. The maximum Gasteiger partial charge on any atom is 0.339 e. The lowest BCUT2D eigenvalue weighted by atomic mass is 9.68. The first kappa shape index (κ1) is 21.2. The van der Waals surface area contributed by atoms with Crippen LogP contribution in [0.3, 0.4) is 0 Å². The fraction of sp³-hybridized carbons (Fsp3) is 0.370. The van der Waals surface area contributed by atoms with E-state index >= 15 is 0 Å². The number of hydrogen-bond donors (Lipinski definition) is 0. The number of aromatic nitrogens is 1. The van der Waals surface area contributed by atoms with Crippen molar-refractivity contribution >= 4 is 22.7 Å². The van der Waals surface area contributed by atoms with E-state index in [2.05, 4.69) is 20.8 Å². The van der Waals surface area contributed by atoms with E-state index in [1.165, 1.54) is 0 Å². The van der Waals surface area contributed by atoms with Gasteiger partial charge in [0.1, 0.15) is 0 Å². The van der Waals surface area contributed by atoms with Crippen molar-refractivity contribution in [2.75, 3.05) is 6.61 Å². The molecule has 0 fully saturated rings. The highest BCUT2D eigenvalue weighted by Crippen LogP contribution is 2.41. The second-order valence-electron chi connectivity index (χ2n) is 9.08. The summed E-state index contributed by atoms with van der Waals surface area (Å²) in [6.45, 7) is 6.55. The van der Waals surface area contributed by atoms with Crippen LogP contribution in [0.4, 0.5) is 0 Å². The highest BCUT2D eigenvalue weighted by Gasteiger charge is 2.34. The average Bonchev–Trinajstić information content (AvgIpc) is 2.80. The van der Waals surface area contributed by atoms with Gasteiger partial charge in [0.25, 0.3) is 0 Å². The van der Waals surface area contributed by atoms with Gasteiger partial charge in [0, 0.05) is 16.6 Å². The summed E-state index contributed by atoms with van der Waals surface area (Å²) in [5.41, 5.74) is 4.10. The molecule has 1 unspecified atom stereocenters. The van der Waals surface area contributed by atoms with Gasteiger partial charge in [-0.1, -0.05) is 75.7 Å². The molecule has 1 aromatic heterocycles. The second kappa shape index (κ2) is 8.62. The molecule has 1 heterocycles. The van der Waals surface area contributed by atoms with E-state index < -0.39 is 5.97 Å². The van der Waals surface area contributed by atoms with Crippen LogP contribution >= 0.6 is 0 Å². The van der Waals surface area contributed by atoms with Crippen molar-refractivity contribution in [1.82, 2.24) is 4.98 Å². The van der Waals surface area contributed by atoms with Crippen LogP contribution < -0.4 is 0 Å². The molecule has 0 bridgehead atoms. The zero-order valence-electron chi connectivity index (χ0n) is 18.5. The Labute approximate surface area is 183 Å². The number of fused-ring (bicyclic) bond motifs is 2. The molecule has 4 rings (SSSR count). The summed E-state index contributed by atoms with van der Waals surface area (Å²) in [7, 11) is 0. The Balaban J connectivity index is 1.68. The molecule has 4 nitrogen and oxygen atoms in total. The van der Waals surface area contributed by atoms with Crippen molar-refractivity contribution in [1.29, 1.82) is 0 Å². The number of para-hydroxylation sites is 1. The van der Waals surface area contributed by atoms with Crippen molar-refractivity contribution in [3.8, 4) is 0 Å². The summed E-state index contributed by atoms with van der Waals surface area (Å²) in [4.78, 5) is 30.6. The lowest BCUT2D eigenvalue weighted by molar-refractivity contribution is 0.0474. The predicted octanol–water partition coefficient (Wildman–Crippen LogP) is 5.82. The lowest BCUT2D eigenvalue weighted by Crippen LogP contribution is -2.31. The number of hydrogen-bond acceptors (Lipinski definition) is 4. The van der Waals surface area contributed by atoms with Gasteiger partial charge in [0.2, 0.25) is 0 Å². The topological polar surface area (TPSA) is 56.3 Å². The Bertz CT molecular complexity index is 1120. The maximum atomic E-state index is 13.3. The van der Waals surface area contributed by atoms with Crippen LogP contribution in [-0.4, -0.2) is 23.3 Å². The number of esters is 1. The minimum atomic E-state index is -0.436. The van der Waals surface area contributed by atoms with Crippen molar-refractivity contribution < 1.29 is 14.3 Å². The average molecular weight is 416 g/mol. The summed E-state index contributed by atoms with van der Waals surface area (Å²) in [6, 6.07) is 16.6. The molecule has 4 heteroatoms. The van der Waals surface area contributed by atoms with Gasteiger partial charge in [-0.05, 0) is 42.2 Å². The van der Waals surface area contributed by atoms with Gasteiger partial charge in [-0.25, -0.2) is 4.79 Å². The number of nitrogens with zero attached hydrogens (tertiary/aromatic N) is 1.